The van der Waals surface area contributed by atoms with Crippen molar-refractivity contribution in [3.05, 3.63) is 12.2 Å². The first kappa shape index (κ1) is 20.1. The molecular weight excluding hydrogens is 290 g/mol. The second-order valence-corrected chi connectivity index (χ2v) is 7.38. The number of hydrogen-bond acceptors (Lipinski definition) is 6. The first-order valence-electron chi connectivity index (χ1n) is 8.49. The van der Waals surface area contributed by atoms with Gasteiger partial charge in [-0.15, -0.1) is 0 Å². The van der Waals surface area contributed by atoms with E-state index in [9.17, 15) is 5.21 Å². The summed E-state index contributed by atoms with van der Waals surface area (Å²) in [5.74, 6) is 0. The van der Waals surface area contributed by atoms with Crippen molar-refractivity contribution in [2.24, 2.45) is 5.16 Å². The molecule has 1 aliphatic rings. The number of nitrogens with one attached hydrogen (secondary N) is 3. The second-order valence-electron chi connectivity index (χ2n) is 7.38. The Bertz CT molecular complexity index is 417. The summed E-state index contributed by atoms with van der Waals surface area (Å²) in [6.07, 6.45) is 0.583. The maximum absolute atomic E-state index is 9.46. The standard InChI is InChI=1S/C17H35N5O/c1-14-13-15(21-23)17(4,5)20-9-12-22(10-7-18-6)11-8-19-16(14,2)3/h18-20,23H,1,7-13H2,2-6H3/b21-15-. The Balaban J connectivity index is 2.89. The van der Waals surface area contributed by atoms with Gasteiger partial charge in [-0.25, -0.2) is 0 Å². The first-order valence-corrected chi connectivity index (χ1v) is 8.49. The van der Waals surface area contributed by atoms with E-state index in [-0.39, 0.29) is 11.1 Å². The molecule has 1 saturated heterocycles. The molecule has 134 valence electrons. The number of hydrogen-bond donors (Lipinski definition) is 4. The molecule has 23 heavy (non-hydrogen) atoms. The van der Waals surface area contributed by atoms with Gasteiger partial charge in [0, 0.05) is 51.2 Å². The average Bonchev–Trinajstić information content (AvgIpc) is 2.47. The second kappa shape index (κ2) is 8.78. The van der Waals surface area contributed by atoms with E-state index >= 15 is 0 Å². The zero-order chi connectivity index (χ0) is 17.5. The van der Waals surface area contributed by atoms with Crippen LogP contribution in [-0.4, -0.2) is 73.2 Å². The molecule has 0 saturated carbocycles. The molecule has 0 spiro atoms. The number of oxime groups is 1. The summed E-state index contributed by atoms with van der Waals surface area (Å²) < 4.78 is 0. The van der Waals surface area contributed by atoms with Gasteiger partial charge >= 0.3 is 0 Å². The van der Waals surface area contributed by atoms with Crippen LogP contribution >= 0.6 is 0 Å². The third kappa shape index (κ3) is 6.22. The Kier molecular flexibility index (Phi) is 7.67. The number of nitrogens with zero attached hydrogens (tertiary/aromatic N) is 2. The molecule has 1 fully saturated rings. The monoisotopic (exact) mass is 325 g/mol. The molecule has 6 heteroatoms. The lowest BCUT2D eigenvalue weighted by atomic mass is 9.85. The molecule has 1 rings (SSSR count). The average molecular weight is 326 g/mol. The van der Waals surface area contributed by atoms with Crippen LogP contribution in [0.15, 0.2) is 17.3 Å². The van der Waals surface area contributed by atoms with Gasteiger partial charge in [-0.3, -0.25) is 4.90 Å². The van der Waals surface area contributed by atoms with E-state index in [1.54, 1.807) is 0 Å². The van der Waals surface area contributed by atoms with Crippen LogP contribution in [0.1, 0.15) is 34.1 Å². The SMILES string of the molecule is C=C1C/C(=N/O)C(C)(C)NCCN(CCNC)CCNC1(C)C. The van der Waals surface area contributed by atoms with Crippen molar-refractivity contribution >= 4 is 5.71 Å². The summed E-state index contributed by atoms with van der Waals surface area (Å²) in [7, 11) is 1.98. The smallest absolute Gasteiger partial charge is 0.0806 e. The minimum atomic E-state index is -0.359. The number of rotatable bonds is 3. The van der Waals surface area contributed by atoms with Crippen molar-refractivity contribution in [2.75, 3.05) is 46.3 Å². The van der Waals surface area contributed by atoms with Gasteiger partial charge in [0.2, 0.25) is 0 Å². The summed E-state index contributed by atoms with van der Waals surface area (Å²) in [5, 5.41) is 23.3. The molecule has 0 atom stereocenters. The van der Waals surface area contributed by atoms with Gasteiger partial charge in [0.25, 0.3) is 0 Å². The van der Waals surface area contributed by atoms with Gasteiger partial charge in [-0.1, -0.05) is 17.3 Å². The number of likely N-dealkylation sites (N-methyl/N-ethyl adjacent to an activating group) is 1. The molecule has 1 heterocycles. The highest BCUT2D eigenvalue weighted by Gasteiger charge is 2.30. The highest BCUT2D eigenvalue weighted by atomic mass is 16.4. The third-order valence-corrected chi connectivity index (χ3v) is 4.77. The Hall–Kier alpha value is -0.950. The molecule has 4 N–H and O–H groups in total. The highest BCUT2D eigenvalue weighted by Crippen LogP contribution is 2.22. The predicted octanol–water partition coefficient (Wildman–Crippen LogP) is 1.03. The Morgan fingerprint density at radius 3 is 2.26 bits per heavy atom. The van der Waals surface area contributed by atoms with Crippen LogP contribution in [0.5, 0.6) is 0 Å². The van der Waals surface area contributed by atoms with Crippen LogP contribution in [0.25, 0.3) is 0 Å². The zero-order valence-electron chi connectivity index (χ0n) is 15.5. The van der Waals surface area contributed by atoms with Gasteiger partial charge in [0.15, 0.2) is 0 Å². The molecule has 1 aliphatic heterocycles. The quantitative estimate of drug-likeness (QED) is 0.354. The van der Waals surface area contributed by atoms with Crippen LogP contribution in [0, 0.1) is 0 Å². The fourth-order valence-corrected chi connectivity index (χ4v) is 2.69. The largest absolute Gasteiger partial charge is 0.411 e. The molecule has 0 unspecified atom stereocenters. The lowest BCUT2D eigenvalue weighted by molar-refractivity contribution is 0.254. The van der Waals surface area contributed by atoms with E-state index in [1.165, 1.54) is 0 Å². The van der Waals surface area contributed by atoms with Gasteiger partial charge in [0.05, 0.1) is 11.3 Å². The summed E-state index contributed by atoms with van der Waals surface area (Å²) >= 11 is 0. The minimum Gasteiger partial charge on any atom is -0.411 e. The van der Waals surface area contributed by atoms with E-state index in [4.69, 9.17) is 0 Å². The summed E-state index contributed by atoms with van der Waals surface area (Å²) in [6, 6.07) is 0. The fourth-order valence-electron chi connectivity index (χ4n) is 2.69. The van der Waals surface area contributed by atoms with Crippen LogP contribution in [-0.2, 0) is 0 Å². The van der Waals surface area contributed by atoms with E-state index < -0.39 is 0 Å². The van der Waals surface area contributed by atoms with Crippen molar-refractivity contribution in [1.29, 1.82) is 0 Å². The topological polar surface area (TPSA) is 71.9 Å². The van der Waals surface area contributed by atoms with Crippen molar-refractivity contribution in [2.45, 2.75) is 45.2 Å². The third-order valence-electron chi connectivity index (χ3n) is 4.77. The van der Waals surface area contributed by atoms with Gasteiger partial charge in [-0.05, 0) is 34.7 Å². The van der Waals surface area contributed by atoms with Crippen LogP contribution in [0.3, 0.4) is 0 Å². The van der Waals surface area contributed by atoms with Crippen molar-refractivity contribution in [3.63, 3.8) is 0 Å². The highest BCUT2D eigenvalue weighted by molar-refractivity contribution is 5.94. The molecule has 6 nitrogen and oxygen atoms in total. The van der Waals surface area contributed by atoms with Gasteiger partial charge in [-0.2, -0.15) is 0 Å². The summed E-state index contributed by atoms with van der Waals surface area (Å²) in [5.41, 5.74) is 1.20. The lowest BCUT2D eigenvalue weighted by Crippen LogP contribution is -2.53. The normalized spacial score (nSPS) is 25.8. The van der Waals surface area contributed by atoms with Crippen molar-refractivity contribution in [3.8, 4) is 0 Å². The molecule has 0 amide bonds. The van der Waals surface area contributed by atoms with Crippen LogP contribution < -0.4 is 16.0 Å². The van der Waals surface area contributed by atoms with E-state index in [0.717, 1.165) is 50.6 Å². The minimum absolute atomic E-state index is 0.195. The molecule has 0 aromatic carbocycles. The van der Waals surface area contributed by atoms with Crippen molar-refractivity contribution in [1.82, 2.24) is 20.9 Å². The Labute approximate surface area is 141 Å². The van der Waals surface area contributed by atoms with Gasteiger partial charge in [0.1, 0.15) is 0 Å². The maximum atomic E-state index is 9.46. The molecule has 0 bridgehead atoms. The maximum Gasteiger partial charge on any atom is 0.0806 e. The Morgan fingerprint density at radius 1 is 1.17 bits per heavy atom. The fraction of sp³-hybridized carbons (Fsp3) is 0.824. The molecule has 0 radical (unpaired) electrons. The lowest BCUT2D eigenvalue weighted by Gasteiger charge is -2.35. The van der Waals surface area contributed by atoms with Crippen molar-refractivity contribution < 1.29 is 5.21 Å². The molecule has 0 aromatic rings. The Morgan fingerprint density at radius 2 is 1.74 bits per heavy atom. The van der Waals surface area contributed by atoms with Crippen LogP contribution in [0.4, 0.5) is 0 Å². The molecule has 0 aromatic heterocycles. The van der Waals surface area contributed by atoms with E-state index in [2.05, 4.69) is 60.3 Å². The van der Waals surface area contributed by atoms with Gasteiger partial charge < -0.3 is 21.2 Å². The molecule has 0 aliphatic carbocycles. The van der Waals surface area contributed by atoms with E-state index in [1.807, 2.05) is 7.05 Å². The van der Waals surface area contributed by atoms with E-state index in [0.29, 0.717) is 6.42 Å². The first-order chi connectivity index (χ1) is 10.7. The zero-order valence-corrected chi connectivity index (χ0v) is 15.5. The summed E-state index contributed by atoms with van der Waals surface area (Å²) in [4.78, 5) is 2.43. The summed E-state index contributed by atoms with van der Waals surface area (Å²) in [6.45, 7) is 18.3. The van der Waals surface area contributed by atoms with Crippen LogP contribution in [0.2, 0.25) is 0 Å². The molecular formula is C17H35N5O. The predicted molar refractivity (Wildman–Crippen MR) is 97.5 cm³/mol.